The van der Waals surface area contributed by atoms with Gasteiger partial charge in [-0.2, -0.15) is 0 Å². The van der Waals surface area contributed by atoms with Gasteiger partial charge in [-0.15, -0.1) is 0 Å². The molecule has 1 aliphatic heterocycles. The molecule has 0 radical (unpaired) electrons. The van der Waals surface area contributed by atoms with Crippen molar-refractivity contribution in [1.82, 2.24) is 0 Å². The maximum absolute atomic E-state index is 12.2. The predicted octanol–water partition coefficient (Wildman–Crippen LogP) is 3.37. The summed E-state index contributed by atoms with van der Waals surface area (Å²) in [7, 11) is 0. The number of anilines is 1. The molecule has 0 fully saturated rings. The average Bonchev–Trinajstić information content (AvgIpc) is 2.65. The van der Waals surface area contributed by atoms with Crippen molar-refractivity contribution in [3.63, 3.8) is 0 Å². The van der Waals surface area contributed by atoms with Crippen molar-refractivity contribution < 1.29 is 19.4 Å². The van der Waals surface area contributed by atoms with Crippen LogP contribution in [0.3, 0.4) is 0 Å². The second-order valence-electron chi connectivity index (χ2n) is 5.68. The summed E-state index contributed by atoms with van der Waals surface area (Å²) < 4.78 is 6.10. The van der Waals surface area contributed by atoms with E-state index in [4.69, 9.17) is 4.74 Å². The molecule has 1 unspecified atom stereocenters. The minimum atomic E-state index is -0.949. The van der Waals surface area contributed by atoms with Crippen molar-refractivity contribution in [2.45, 2.75) is 32.3 Å². The maximum Gasteiger partial charge on any atom is 0.414 e. The van der Waals surface area contributed by atoms with Crippen LogP contribution in [-0.4, -0.2) is 29.3 Å². The summed E-state index contributed by atoms with van der Waals surface area (Å²) >= 11 is 3.32. The molecular weight excluding hydrogens is 326 g/mol. The lowest BCUT2D eigenvalue weighted by atomic mass is 10.0. The van der Waals surface area contributed by atoms with Crippen LogP contribution < -0.4 is 4.90 Å². The van der Waals surface area contributed by atoms with Gasteiger partial charge in [0.25, 0.3) is 0 Å². The first-order valence-electron chi connectivity index (χ1n) is 6.22. The van der Waals surface area contributed by atoms with Crippen molar-refractivity contribution in [2.24, 2.45) is 0 Å². The minimum Gasteiger partial charge on any atom is -0.481 e. The Bertz CT molecular complexity index is 565. The normalized spacial score (nSPS) is 17.8. The average molecular weight is 342 g/mol. The van der Waals surface area contributed by atoms with Crippen LogP contribution >= 0.6 is 15.9 Å². The molecule has 1 aromatic rings. The number of carbonyl (C=O) groups excluding carboxylic acids is 1. The molecule has 1 N–H and O–H groups in total. The second-order valence-corrected chi connectivity index (χ2v) is 6.60. The Hall–Kier alpha value is -1.56. The quantitative estimate of drug-likeness (QED) is 0.850. The summed E-state index contributed by atoms with van der Waals surface area (Å²) in [6.45, 7) is 5.42. The number of benzene rings is 1. The Morgan fingerprint density at radius 1 is 1.40 bits per heavy atom. The second kappa shape index (κ2) is 5.09. The van der Waals surface area contributed by atoms with E-state index < -0.39 is 23.6 Å². The topological polar surface area (TPSA) is 66.8 Å². The third kappa shape index (κ3) is 2.95. The number of carboxylic acids is 1. The summed E-state index contributed by atoms with van der Waals surface area (Å²) in [5.41, 5.74) is 0.598. The monoisotopic (exact) mass is 341 g/mol. The molecule has 2 rings (SSSR count). The number of amides is 1. The Balaban J connectivity index is 2.35. The van der Waals surface area contributed by atoms with Crippen LogP contribution in [-0.2, 0) is 9.53 Å². The molecule has 0 aromatic heterocycles. The predicted molar refractivity (Wildman–Crippen MR) is 78.1 cm³/mol. The Morgan fingerprint density at radius 2 is 2.05 bits per heavy atom. The van der Waals surface area contributed by atoms with E-state index in [0.29, 0.717) is 11.3 Å². The summed E-state index contributed by atoms with van der Waals surface area (Å²) in [6.07, 6.45) is -0.523. The van der Waals surface area contributed by atoms with Gasteiger partial charge in [0.15, 0.2) is 0 Å². The molecule has 1 heterocycles. The van der Waals surface area contributed by atoms with E-state index in [2.05, 4.69) is 15.9 Å². The number of rotatable bonds is 1. The van der Waals surface area contributed by atoms with E-state index in [-0.39, 0.29) is 6.54 Å². The lowest BCUT2D eigenvalue weighted by Gasteiger charge is -2.24. The van der Waals surface area contributed by atoms with Gasteiger partial charge in [0.1, 0.15) is 11.5 Å². The maximum atomic E-state index is 12.2. The first-order valence-corrected chi connectivity index (χ1v) is 7.01. The molecule has 1 amide bonds. The first-order chi connectivity index (χ1) is 9.19. The molecule has 0 bridgehead atoms. The fourth-order valence-corrected chi connectivity index (χ4v) is 2.51. The van der Waals surface area contributed by atoms with Gasteiger partial charge in [-0.25, -0.2) is 4.79 Å². The molecule has 1 atom stereocenters. The van der Waals surface area contributed by atoms with Gasteiger partial charge >= 0.3 is 12.1 Å². The van der Waals surface area contributed by atoms with Crippen molar-refractivity contribution in [2.75, 3.05) is 11.4 Å². The molecule has 0 spiro atoms. The molecule has 0 saturated heterocycles. The molecule has 20 heavy (non-hydrogen) atoms. The van der Waals surface area contributed by atoms with Gasteiger partial charge in [0, 0.05) is 11.0 Å². The van der Waals surface area contributed by atoms with Crippen LogP contribution in [0, 0.1) is 0 Å². The van der Waals surface area contributed by atoms with Gasteiger partial charge in [-0.3, -0.25) is 9.69 Å². The number of nitrogens with zero attached hydrogens (tertiary/aromatic N) is 1. The minimum absolute atomic E-state index is 0.0933. The molecular formula is C14H16BrNO4. The molecule has 1 aromatic carbocycles. The number of halogens is 1. The standard InChI is InChI=1S/C14H16BrNO4/c1-14(2,3)20-13(19)16-7-10(12(17)18)9-6-8(15)4-5-11(9)16/h4-6,10H,7H2,1-3H3,(H,17,18). The van der Waals surface area contributed by atoms with Crippen molar-refractivity contribution in [3.8, 4) is 0 Å². The third-order valence-corrected chi connectivity index (χ3v) is 3.43. The highest BCUT2D eigenvalue weighted by molar-refractivity contribution is 9.10. The van der Waals surface area contributed by atoms with E-state index in [1.165, 1.54) is 4.90 Å². The summed E-state index contributed by atoms with van der Waals surface area (Å²) in [6, 6.07) is 5.24. The highest BCUT2D eigenvalue weighted by atomic mass is 79.9. The van der Waals surface area contributed by atoms with Crippen molar-refractivity contribution in [1.29, 1.82) is 0 Å². The van der Waals surface area contributed by atoms with Crippen LogP contribution in [0.15, 0.2) is 22.7 Å². The molecule has 108 valence electrons. The number of hydrogen-bond donors (Lipinski definition) is 1. The highest BCUT2D eigenvalue weighted by Crippen LogP contribution is 2.38. The third-order valence-electron chi connectivity index (χ3n) is 2.93. The Labute approximate surface area is 125 Å². The first kappa shape index (κ1) is 14.8. The zero-order chi connectivity index (χ0) is 15.1. The summed E-state index contributed by atoms with van der Waals surface area (Å²) in [4.78, 5) is 24.9. The smallest absolute Gasteiger partial charge is 0.414 e. The van der Waals surface area contributed by atoms with Gasteiger partial charge in [-0.05, 0) is 44.5 Å². The molecule has 6 heteroatoms. The number of hydrogen-bond acceptors (Lipinski definition) is 3. The lowest BCUT2D eigenvalue weighted by Crippen LogP contribution is -2.36. The zero-order valence-corrected chi connectivity index (χ0v) is 13.1. The number of aliphatic carboxylic acids is 1. The van der Waals surface area contributed by atoms with Gasteiger partial charge in [0.2, 0.25) is 0 Å². The van der Waals surface area contributed by atoms with Crippen LogP contribution in [0.1, 0.15) is 32.3 Å². The Kier molecular flexibility index (Phi) is 3.77. The lowest BCUT2D eigenvalue weighted by molar-refractivity contribution is -0.138. The van der Waals surface area contributed by atoms with E-state index in [9.17, 15) is 14.7 Å². The number of carbonyl (C=O) groups is 2. The van der Waals surface area contributed by atoms with Gasteiger partial charge < -0.3 is 9.84 Å². The van der Waals surface area contributed by atoms with E-state index in [1.54, 1.807) is 39.0 Å². The van der Waals surface area contributed by atoms with Crippen LogP contribution in [0.25, 0.3) is 0 Å². The number of fused-ring (bicyclic) bond motifs is 1. The van der Waals surface area contributed by atoms with Gasteiger partial charge in [0.05, 0.1) is 5.69 Å². The number of ether oxygens (including phenoxy) is 1. The zero-order valence-electron chi connectivity index (χ0n) is 11.5. The van der Waals surface area contributed by atoms with E-state index in [1.807, 2.05) is 0 Å². The molecule has 1 aliphatic rings. The van der Waals surface area contributed by atoms with E-state index >= 15 is 0 Å². The number of carboxylic acid groups (broad SMARTS) is 1. The summed E-state index contributed by atoms with van der Waals surface area (Å²) in [5, 5.41) is 9.29. The van der Waals surface area contributed by atoms with Crippen LogP contribution in [0.4, 0.5) is 10.5 Å². The molecule has 5 nitrogen and oxygen atoms in total. The van der Waals surface area contributed by atoms with Crippen molar-refractivity contribution in [3.05, 3.63) is 28.2 Å². The Morgan fingerprint density at radius 3 is 2.60 bits per heavy atom. The van der Waals surface area contributed by atoms with Crippen LogP contribution in [0.2, 0.25) is 0 Å². The summed E-state index contributed by atoms with van der Waals surface area (Å²) in [5.74, 6) is -1.68. The van der Waals surface area contributed by atoms with E-state index in [0.717, 1.165) is 4.47 Å². The fourth-order valence-electron chi connectivity index (χ4n) is 2.13. The highest BCUT2D eigenvalue weighted by Gasteiger charge is 2.38. The SMILES string of the molecule is CC(C)(C)OC(=O)N1CC(C(=O)O)c2cc(Br)ccc21. The van der Waals surface area contributed by atoms with Crippen LogP contribution in [0.5, 0.6) is 0 Å². The largest absolute Gasteiger partial charge is 0.481 e. The molecule has 0 aliphatic carbocycles. The van der Waals surface area contributed by atoms with Crippen molar-refractivity contribution >= 4 is 33.7 Å². The molecule has 0 saturated carbocycles. The fraction of sp³-hybridized carbons (Fsp3) is 0.429. The van der Waals surface area contributed by atoms with Gasteiger partial charge in [-0.1, -0.05) is 15.9 Å².